The summed E-state index contributed by atoms with van der Waals surface area (Å²) in [6.07, 6.45) is 0. The van der Waals surface area contributed by atoms with E-state index in [2.05, 4.69) is 21.0 Å². The van der Waals surface area contributed by atoms with Crippen LogP contribution in [0.1, 0.15) is 11.4 Å². The molecule has 3 aromatic rings. The smallest absolute Gasteiger partial charge is 0.183 e. The lowest BCUT2D eigenvalue weighted by Gasteiger charge is -1.94. The molecule has 1 N–H and O–H groups in total. The van der Waals surface area contributed by atoms with Crippen molar-refractivity contribution >= 4 is 22.4 Å². The van der Waals surface area contributed by atoms with E-state index in [1.807, 2.05) is 55.5 Å². The molecular formula is C16H12N4. The Hall–Kier alpha value is -2.93. The van der Waals surface area contributed by atoms with Crippen molar-refractivity contribution in [3.05, 3.63) is 59.9 Å². The molecule has 0 aliphatic carbocycles. The minimum Gasteiger partial charge on any atom is -0.336 e. The highest BCUT2D eigenvalue weighted by Crippen LogP contribution is 2.17. The second-order valence-corrected chi connectivity index (χ2v) is 4.46. The molecule has 0 saturated heterocycles. The molecule has 0 spiro atoms. The van der Waals surface area contributed by atoms with Gasteiger partial charge in [-0.05, 0) is 30.7 Å². The predicted octanol–water partition coefficient (Wildman–Crippen LogP) is 3.52. The summed E-state index contributed by atoms with van der Waals surface area (Å²) in [6.45, 7) is 1.99. The van der Waals surface area contributed by atoms with Crippen LogP contribution in [0.3, 0.4) is 0 Å². The molecule has 1 aromatic heterocycles. The highest BCUT2D eigenvalue weighted by molar-refractivity contribution is 6.11. The quantitative estimate of drug-likeness (QED) is 0.716. The SMILES string of the molecule is Cc1cccc2[nH]c(C(C#N)=Nc3ccccc3)nc12. The van der Waals surface area contributed by atoms with E-state index >= 15 is 0 Å². The van der Waals surface area contributed by atoms with Crippen molar-refractivity contribution in [2.75, 3.05) is 0 Å². The number of aromatic amines is 1. The number of imidazole rings is 1. The largest absolute Gasteiger partial charge is 0.336 e. The summed E-state index contributed by atoms with van der Waals surface area (Å²) >= 11 is 0. The number of benzene rings is 2. The first-order valence-electron chi connectivity index (χ1n) is 6.27. The fraction of sp³-hybridized carbons (Fsp3) is 0.0625. The lowest BCUT2D eigenvalue weighted by molar-refractivity contribution is 1.28. The Balaban J connectivity index is 2.11. The van der Waals surface area contributed by atoms with E-state index in [4.69, 9.17) is 0 Å². The number of hydrogen-bond donors (Lipinski definition) is 1. The number of nitriles is 1. The van der Waals surface area contributed by atoms with Crippen molar-refractivity contribution in [1.82, 2.24) is 9.97 Å². The molecule has 0 radical (unpaired) electrons. The fourth-order valence-electron chi connectivity index (χ4n) is 2.05. The van der Waals surface area contributed by atoms with Crippen LogP contribution < -0.4 is 0 Å². The first-order valence-corrected chi connectivity index (χ1v) is 6.27. The first-order chi connectivity index (χ1) is 9.78. The second-order valence-electron chi connectivity index (χ2n) is 4.46. The van der Waals surface area contributed by atoms with Crippen molar-refractivity contribution < 1.29 is 0 Å². The predicted molar refractivity (Wildman–Crippen MR) is 79.1 cm³/mol. The normalized spacial score (nSPS) is 11.5. The van der Waals surface area contributed by atoms with Gasteiger partial charge in [-0.1, -0.05) is 30.3 Å². The summed E-state index contributed by atoms with van der Waals surface area (Å²) in [5.41, 5.74) is 3.88. The van der Waals surface area contributed by atoms with Crippen LogP contribution in [-0.2, 0) is 0 Å². The lowest BCUT2D eigenvalue weighted by Crippen LogP contribution is -1.99. The second kappa shape index (κ2) is 4.98. The Labute approximate surface area is 116 Å². The Morgan fingerprint density at radius 1 is 1.15 bits per heavy atom. The number of aryl methyl sites for hydroxylation is 1. The third-order valence-corrected chi connectivity index (χ3v) is 3.04. The van der Waals surface area contributed by atoms with E-state index in [-0.39, 0.29) is 5.71 Å². The van der Waals surface area contributed by atoms with Gasteiger partial charge < -0.3 is 4.98 Å². The van der Waals surface area contributed by atoms with Gasteiger partial charge in [0.15, 0.2) is 11.5 Å². The molecule has 0 atom stereocenters. The number of rotatable bonds is 2. The van der Waals surface area contributed by atoms with Gasteiger partial charge in [-0.3, -0.25) is 0 Å². The Bertz CT molecular complexity index is 823. The van der Waals surface area contributed by atoms with Crippen molar-refractivity contribution in [2.45, 2.75) is 6.92 Å². The van der Waals surface area contributed by atoms with Crippen LogP contribution >= 0.6 is 0 Å². The molecule has 4 heteroatoms. The monoisotopic (exact) mass is 260 g/mol. The Kier molecular flexibility index (Phi) is 3.02. The summed E-state index contributed by atoms with van der Waals surface area (Å²) in [6, 6.07) is 17.4. The molecule has 96 valence electrons. The maximum Gasteiger partial charge on any atom is 0.183 e. The fourth-order valence-corrected chi connectivity index (χ4v) is 2.05. The number of nitrogens with one attached hydrogen (secondary N) is 1. The molecule has 0 unspecified atom stereocenters. The van der Waals surface area contributed by atoms with Crippen LogP contribution in [0.4, 0.5) is 5.69 Å². The molecule has 4 nitrogen and oxygen atoms in total. The van der Waals surface area contributed by atoms with Crippen LogP contribution in [0, 0.1) is 18.3 Å². The molecule has 0 amide bonds. The maximum atomic E-state index is 9.29. The van der Waals surface area contributed by atoms with E-state index < -0.39 is 0 Å². The Morgan fingerprint density at radius 3 is 2.65 bits per heavy atom. The zero-order valence-corrected chi connectivity index (χ0v) is 11.0. The molecule has 0 saturated carbocycles. The first kappa shape index (κ1) is 12.1. The summed E-state index contributed by atoms with van der Waals surface area (Å²) in [5.74, 6) is 0.501. The van der Waals surface area contributed by atoms with Gasteiger partial charge in [0.1, 0.15) is 6.07 Å². The van der Waals surface area contributed by atoms with E-state index in [0.29, 0.717) is 5.82 Å². The average molecular weight is 260 g/mol. The third kappa shape index (κ3) is 2.17. The van der Waals surface area contributed by atoms with Crippen molar-refractivity contribution in [1.29, 1.82) is 5.26 Å². The topological polar surface area (TPSA) is 64.8 Å². The maximum absolute atomic E-state index is 9.29. The van der Waals surface area contributed by atoms with E-state index in [1.165, 1.54) is 0 Å². The number of H-pyrrole nitrogens is 1. The van der Waals surface area contributed by atoms with Gasteiger partial charge in [-0.15, -0.1) is 0 Å². The number of fused-ring (bicyclic) bond motifs is 1. The standard InChI is InChI=1S/C16H12N4/c1-11-6-5-9-13-15(11)20-16(19-13)14(10-17)18-12-7-3-2-4-8-12/h2-9H,1H3,(H,19,20). The van der Waals surface area contributed by atoms with Gasteiger partial charge >= 0.3 is 0 Å². The minimum absolute atomic E-state index is 0.284. The number of hydrogen-bond acceptors (Lipinski definition) is 3. The van der Waals surface area contributed by atoms with Gasteiger partial charge in [-0.25, -0.2) is 9.98 Å². The van der Waals surface area contributed by atoms with Crippen molar-refractivity contribution in [2.24, 2.45) is 4.99 Å². The number of nitrogens with zero attached hydrogens (tertiary/aromatic N) is 3. The van der Waals surface area contributed by atoms with Gasteiger partial charge in [-0.2, -0.15) is 5.26 Å². The van der Waals surface area contributed by atoms with E-state index in [0.717, 1.165) is 22.3 Å². The van der Waals surface area contributed by atoms with E-state index in [1.54, 1.807) is 0 Å². The number of aromatic nitrogens is 2. The zero-order chi connectivity index (χ0) is 13.9. The lowest BCUT2D eigenvalue weighted by atomic mass is 10.2. The summed E-state index contributed by atoms with van der Waals surface area (Å²) in [7, 11) is 0. The van der Waals surface area contributed by atoms with Gasteiger partial charge in [0.05, 0.1) is 16.7 Å². The van der Waals surface area contributed by atoms with Gasteiger partial charge in [0, 0.05) is 0 Å². The number of aliphatic imine (C=N–C) groups is 1. The highest BCUT2D eigenvalue weighted by atomic mass is 15.0. The van der Waals surface area contributed by atoms with Crippen LogP contribution in [0.15, 0.2) is 53.5 Å². The minimum atomic E-state index is 0.284. The Morgan fingerprint density at radius 2 is 1.95 bits per heavy atom. The van der Waals surface area contributed by atoms with Crippen LogP contribution in [0.2, 0.25) is 0 Å². The molecule has 2 aromatic carbocycles. The molecule has 20 heavy (non-hydrogen) atoms. The molecule has 0 aliphatic rings. The molecule has 0 aliphatic heterocycles. The summed E-state index contributed by atoms with van der Waals surface area (Å²) < 4.78 is 0. The molecule has 0 bridgehead atoms. The van der Waals surface area contributed by atoms with Gasteiger partial charge in [0.2, 0.25) is 0 Å². The molecule has 1 heterocycles. The zero-order valence-electron chi connectivity index (χ0n) is 11.0. The molecule has 3 rings (SSSR count). The van der Waals surface area contributed by atoms with Crippen LogP contribution in [-0.4, -0.2) is 15.7 Å². The molecular weight excluding hydrogens is 248 g/mol. The van der Waals surface area contributed by atoms with Crippen molar-refractivity contribution in [3.8, 4) is 6.07 Å². The third-order valence-electron chi connectivity index (χ3n) is 3.04. The molecule has 0 fully saturated rings. The number of para-hydroxylation sites is 2. The van der Waals surface area contributed by atoms with Gasteiger partial charge in [0.25, 0.3) is 0 Å². The van der Waals surface area contributed by atoms with Crippen LogP contribution in [0.5, 0.6) is 0 Å². The van der Waals surface area contributed by atoms with Crippen LogP contribution in [0.25, 0.3) is 11.0 Å². The average Bonchev–Trinajstić information content (AvgIpc) is 2.91. The van der Waals surface area contributed by atoms with E-state index in [9.17, 15) is 5.26 Å². The van der Waals surface area contributed by atoms with Crippen molar-refractivity contribution in [3.63, 3.8) is 0 Å². The summed E-state index contributed by atoms with van der Waals surface area (Å²) in [4.78, 5) is 11.9. The summed E-state index contributed by atoms with van der Waals surface area (Å²) in [5, 5.41) is 9.29. The highest BCUT2D eigenvalue weighted by Gasteiger charge is 2.10.